The van der Waals surface area contributed by atoms with Crippen LogP contribution in [0.4, 0.5) is 0 Å². The highest BCUT2D eigenvalue weighted by molar-refractivity contribution is 7.90. The van der Waals surface area contributed by atoms with Gasteiger partial charge in [-0.2, -0.15) is 4.31 Å². The first-order valence-electron chi connectivity index (χ1n) is 7.04. The first-order valence-corrected chi connectivity index (χ1v) is 10.4. The maximum atomic E-state index is 12.6. The number of sulfone groups is 1. The van der Waals surface area contributed by atoms with Crippen molar-refractivity contribution in [2.75, 3.05) is 20.4 Å². The molecule has 0 saturated heterocycles. The van der Waals surface area contributed by atoms with Crippen LogP contribution in [0.5, 0.6) is 5.75 Å². The Morgan fingerprint density at radius 1 is 0.958 bits per heavy atom. The van der Waals surface area contributed by atoms with Crippen LogP contribution in [0.3, 0.4) is 0 Å². The molecule has 0 heterocycles. The summed E-state index contributed by atoms with van der Waals surface area (Å²) in [5.41, 5.74) is 0.785. The number of nitrogens with zero attached hydrogens (tertiary/aromatic N) is 1. The minimum atomic E-state index is -3.72. The summed E-state index contributed by atoms with van der Waals surface area (Å²) >= 11 is 0. The van der Waals surface area contributed by atoms with E-state index in [1.165, 1.54) is 35.6 Å². The largest absolute Gasteiger partial charge is 0.497 e. The van der Waals surface area contributed by atoms with Crippen molar-refractivity contribution in [3.05, 3.63) is 54.1 Å². The molecule has 2 rings (SSSR count). The molecule has 0 aliphatic carbocycles. The van der Waals surface area contributed by atoms with E-state index in [-0.39, 0.29) is 16.3 Å². The van der Waals surface area contributed by atoms with E-state index in [4.69, 9.17) is 4.74 Å². The summed E-state index contributed by atoms with van der Waals surface area (Å²) in [7, 11) is -4.07. The number of methoxy groups -OCH3 is 1. The van der Waals surface area contributed by atoms with E-state index in [9.17, 15) is 16.8 Å². The quantitative estimate of drug-likeness (QED) is 0.777. The lowest BCUT2D eigenvalue weighted by molar-refractivity contribution is 0.412. The molecular weight excluding hydrogens is 350 g/mol. The molecule has 24 heavy (non-hydrogen) atoms. The van der Waals surface area contributed by atoms with Gasteiger partial charge in [0.2, 0.25) is 10.0 Å². The van der Waals surface area contributed by atoms with Gasteiger partial charge in [-0.3, -0.25) is 0 Å². The predicted molar refractivity (Wildman–Crippen MR) is 91.2 cm³/mol. The highest BCUT2D eigenvalue weighted by Crippen LogP contribution is 2.20. The van der Waals surface area contributed by atoms with Gasteiger partial charge in [0.15, 0.2) is 9.84 Å². The zero-order chi connectivity index (χ0) is 18.0. The van der Waals surface area contributed by atoms with Crippen molar-refractivity contribution in [3.8, 4) is 5.75 Å². The van der Waals surface area contributed by atoms with Gasteiger partial charge in [-0.05, 0) is 42.0 Å². The van der Waals surface area contributed by atoms with E-state index in [0.29, 0.717) is 5.75 Å². The molecule has 0 unspecified atom stereocenters. The third-order valence-electron chi connectivity index (χ3n) is 3.50. The maximum Gasteiger partial charge on any atom is 0.243 e. The Morgan fingerprint density at radius 2 is 1.54 bits per heavy atom. The van der Waals surface area contributed by atoms with E-state index >= 15 is 0 Å². The smallest absolute Gasteiger partial charge is 0.243 e. The van der Waals surface area contributed by atoms with Crippen molar-refractivity contribution in [1.82, 2.24) is 4.31 Å². The van der Waals surface area contributed by atoms with Gasteiger partial charge < -0.3 is 4.74 Å². The molecule has 0 saturated carbocycles. The molecular formula is C16H19NO5S2. The first kappa shape index (κ1) is 18.4. The van der Waals surface area contributed by atoms with Crippen molar-refractivity contribution in [3.63, 3.8) is 0 Å². The van der Waals surface area contributed by atoms with Gasteiger partial charge in [0, 0.05) is 19.8 Å². The number of benzene rings is 2. The second-order valence-corrected chi connectivity index (χ2v) is 9.42. The molecule has 2 aromatic rings. The highest BCUT2D eigenvalue weighted by atomic mass is 32.2. The molecule has 0 spiro atoms. The third-order valence-corrected chi connectivity index (χ3v) is 6.45. The number of sulfonamides is 1. The Bertz CT molecular complexity index is 919. The fraction of sp³-hybridized carbons (Fsp3) is 0.250. The number of hydrogen-bond donors (Lipinski definition) is 0. The lowest BCUT2D eigenvalue weighted by Crippen LogP contribution is -2.26. The van der Waals surface area contributed by atoms with Crippen LogP contribution in [0.25, 0.3) is 0 Å². The summed E-state index contributed by atoms with van der Waals surface area (Å²) in [6.45, 7) is 0.174. The Morgan fingerprint density at radius 3 is 2.08 bits per heavy atom. The summed E-state index contributed by atoms with van der Waals surface area (Å²) in [6.07, 6.45) is 1.07. The summed E-state index contributed by atoms with van der Waals surface area (Å²) in [5, 5.41) is 0. The van der Waals surface area contributed by atoms with E-state index in [1.54, 1.807) is 31.4 Å². The molecule has 130 valence electrons. The average molecular weight is 369 g/mol. The molecule has 2 aromatic carbocycles. The van der Waals surface area contributed by atoms with Crippen LogP contribution >= 0.6 is 0 Å². The second kappa shape index (κ2) is 6.92. The molecule has 0 aromatic heterocycles. The summed E-state index contributed by atoms with van der Waals surface area (Å²) in [5.74, 6) is 0.649. The number of ether oxygens (including phenoxy) is 1. The lowest BCUT2D eigenvalue weighted by atomic mass is 10.2. The first-order chi connectivity index (χ1) is 11.1. The van der Waals surface area contributed by atoms with Crippen LogP contribution in [0.2, 0.25) is 0 Å². The Kier molecular flexibility index (Phi) is 5.32. The fourth-order valence-corrected chi connectivity index (χ4v) is 3.94. The molecule has 6 nitrogen and oxygen atoms in total. The maximum absolute atomic E-state index is 12.6. The van der Waals surface area contributed by atoms with Gasteiger partial charge in [0.1, 0.15) is 5.75 Å². The van der Waals surface area contributed by atoms with Gasteiger partial charge in [0.25, 0.3) is 0 Å². The number of rotatable bonds is 6. The van der Waals surface area contributed by atoms with Crippen molar-refractivity contribution in [1.29, 1.82) is 0 Å². The van der Waals surface area contributed by atoms with E-state index in [0.717, 1.165) is 11.8 Å². The molecule has 0 aliphatic rings. The summed E-state index contributed by atoms with van der Waals surface area (Å²) in [4.78, 5) is 0.122. The molecule has 0 aliphatic heterocycles. The SMILES string of the molecule is COc1cccc(CN(C)S(=O)(=O)c2ccc(S(C)(=O)=O)cc2)c1. The van der Waals surface area contributed by atoms with E-state index in [2.05, 4.69) is 0 Å². The molecule has 0 radical (unpaired) electrons. The zero-order valence-electron chi connectivity index (χ0n) is 13.6. The number of hydrogen-bond acceptors (Lipinski definition) is 5. The standard InChI is InChI=1S/C16H19NO5S2/c1-17(12-13-5-4-6-14(11-13)22-2)24(20,21)16-9-7-15(8-10-16)23(3,18)19/h4-11H,12H2,1-3H3. The normalized spacial score (nSPS) is 12.3. The lowest BCUT2D eigenvalue weighted by Gasteiger charge is -2.18. The van der Waals surface area contributed by atoms with E-state index < -0.39 is 19.9 Å². The molecule has 0 atom stereocenters. The van der Waals surface area contributed by atoms with Crippen LogP contribution in [0.15, 0.2) is 58.3 Å². The summed E-state index contributed by atoms with van der Waals surface area (Å²) < 4.78 is 54.4. The highest BCUT2D eigenvalue weighted by Gasteiger charge is 2.21. The van der Waals surface area contributed by atoms with E-state index in [1.807, 2.05) is 0 Å². The zero-order valence-corrected chi connectivity index (χ0v) is 15.3. The van der Waals surface area contributed by atoms with Gasteiger partial charge in [-0.25, -0.2) is 16.8 Å². The Hall–Kier alpha value is -1.90. The van der Waals surface area contributed by atoms with Gasteiger partial charge in [-0.1, -0.05) is 12.1 Å². The van der Waals surface area contributed by atoms with Crippen molar-refractivity contribution in [2.45, 2.75) is 16.3 Å². The van der Waals surface area contributed by atoms with Crippen LogP contribution in [-0.4, -0.2) is 41.6 Å². The monoisotopic (exact) mass is 369 g/mol. The summed E-state index contributed by atoms with van der Waals surface area (Å²) in [6, 6.07) is 12.3. The second-order valence-electron chi connectivity index (χ2n) is 5.36. The molecule has 0 bridgehead atoms. The van der Waals surface area contributed by atoms with Crippen molar-refractivity contribution >= 4 is 19.9 Å². The van der Waals surface area contributed by atoms with Crippen LogP contribution in [-0.2, 0) is 26.4 Å². The Labute approximate surface area is 142 Å². The molecule has 8 heteroatoms. The molecule has 0 fully saturated rings. The van der Waals surface area contributed by atoms with Crippen molar-refractivity contribution < 1.29 is 21.6 Å². The topological polar surface area (TPSA) is 80.8 Å². The van der Waals surface area contributed by atoms with Crippen molar-refractivity contribution in [2.24, 2.45) is 0 Å². The van der Waals surface area contributed by atoms with Crippen LogP contribution in [0.1, 0.15) is 5.56 Å². The van der Waals surface area contributed by atoms with Gasteiger partial charge in [-0.15, -0.1) is 0 Å². The van der Waals surface area contributed by atoms with Crippen LogP contribution < -0.4 is 4.74 Å². The minimum Gasteiger partial charge on any atom is -0.497 e. The van der Waals surface area contributed by atoms with Gasteiger partial charge in [0.05, 0.1) is 16.9 Å². The molecule has 0 N–H and O–H groups in total. The van der Waals surface area contributed by atoms with Crippen LogP contribution in [0, 0.1) is 0 Å². The third kappa shape index (κ3) is 4.14. The minimum absolute atomic E-state index is 0.0419. The Balaban J connectivity index is 2.25. The average Bonchev–Trinajstić information content (AvgIpc) is 2.54. The predicted octanol–water partition coefficient (Wildman–Crippen LogP) is 1.92. The molecule has 0 amide bonds. The van der Waals surface area contributed by atoms with Gasteiger partial charge >= 0.3 is 0 Å². The fourth-order valence-electron chi connectivity index (χ4n) is 2.15.